The molecule has 80 valence electrons. The first-order valence-electron chi connectivity index (χ1n) is 4.60. The van der Waals surface area contributed by atoms with Gasteiger partial charge in [0.1, 0.15) is 0 Å². The van der Waals surface area contributed by atoms with Crippen molar-refractivity contribution in [2.45, 2.75) is 10.7 Å². The molecule has 0 aliphatic rings. The molecule has 0 unspecified atom stereocenters. The zero-order valence-corrected chi connectivity index (χ0v) is 11.4. The lowest BCUT2D eigenvalue weighted by molar-refractivity contribution is 1.08. The Balaban J connectivity index is 2.69. The van der Waals surface area contributed by atoms with E-state index in [2.05, 4.69) is 47.9 Å². The molecule has 0 spiro atoms. The molecule has 1 aromatic heterocycles. The van der Waals surface area contributed by atoms with Crippen LogP contribution in [0, 0.1) is 11.3 Å². The van der Waals surface area contributed by atoms with E-state index in [0.29, 0.717) is 16.2 Å². The average molecular weight is 341 g/mol. The highest BCUT2D eigenvalue weighted by Crippen LogP contribution is 2.18. The topological polar surface area (TPSA) is 49.6 Å². The highest BCUT2D eigenvalue weighted by molar-refractivity contribution is 9.09. The predicted octanol–water partition coefficient (Wildman–Crippen LogP) is 3.29. The molecule has 16 heavy (non-hydrogen) atoms. The van der Waals surface area contributed by atoms with Crippen LogP contribution in [0.3, 0.4) is 0 Å². The van der Waals surface area contributed by atoms with Crippen LogP contribution < -0.4 is 0 Å². The van der Waals surface area contributed by atoms with E-state index >= 15 is 0 Å². The molecule has 2 rings (SSSR count). The SMILES string of the molecule is N#Cc1ccc2nc(CBr)c(CBr)nc2c1. The summed E-state index contributed by atoms with van der Waals surface area (Å²) in [6, 6.07) is 7.43. The van der Waals surface area contributed by atoms with Crippen LogP contribution in [0.4, 0.5) is 0 Å². The van der Waals surface area contributed by atoms with Crippen molar-refractivity contribution in [3.8, 4) is 6.07 Å². The summed E-state index contributed by atoms with van der Waals surface area (Å²) in [6.45, 7) is 0. The second-order valence-corrected chi connectivity index (χ2v) is 4.32. The third-order valence-electron chi connectivity index (χ3n) is 2.20. The Labute approximate surface area is 110 Å². The van der Waals surface area contributed by atoms with Crippen LogP contribution in [-0.4, -0.2) is 9.97 Å². The molecule has 2 aromatic rings. The molecule has 0 saturated carbocycles. The second kappa shape index (κ2) is 4.89. The molecular weight excluding hydrogens is 334 g/mol. The van der Waals surface area contributed by atoms with E-state index < -0.39 is 0 Å². The minimum atomic E-state index is 0.605. The van der Waals surface area contributed by atoms with Crippen molar-refractivity contribution in [1.29, 1.82) is 5.26 Å². The Bertz CT molecular complexity index is 575. The Morgan fingerprint density at radius 2 is 1.69 bits per heavy atom. The maximum absolute atomic E-state index is 8.81. The van der Waals surface area contributed by atoms with Gasteiger partial charge in [-0.3, -0.25) is 0 Å². The first-order valence-corrected chi connectivity index (χ1v) is 6.84. The van der Waals surface area contributed by atoms with Gasteiger partial charge in [0.15, 0.2) is 0 Å². The van der Waals surface area contributed by atoms with Crippen LogP contribution in [0.2, 0.25) is 0 Å². The quantitative estimate of drug-likeness (QED) is 0.788. The van der Waals surface area contributed by atoms with E-state index in [1.165, 1.54) is 0 Å². The molecule has 0 N–H and O–H groups in total. The van der Waals surface area contributed by atoms with E-state index in [1.807, 2.05) is 6.07 Å². The molecule has 0 atom stereocenters. The van der Waals surface area contributed by atoms with Crippen LogP contribution in [0.15, 0.2) is 18.2 Å². The third kappa shape index (κ3) is 2.08. The van der Waals surface area contributed by atoms with E-state index in [-0.39, 0.29) is 0 Å². The van der Waals surface area contributed by atoms with Crippen molar-refractivity contribution in [3.63, 3.8) is 0 Å². The fraction of sp³-hybridized carbons (Fsp3) is 0.182. The Kier molecular flexibility index (Phi) is 3.52. The number of benzene rings is 1. The number of nitrogens with zero attached hydrogens (tertiary/aromatic N) is 3. The molecule has 0 amide bonds. The maximum Gasteiger partial charge on any atom is 0.0992 e. The van der Waals surface area contributed by atoms with Crippen LogP contribution >= 0.6 is 31.9 Å². The Hall–Kier alpha value is -0.990. The summed E-state index contributed by atoms with van der Waals surface area (Å²) in [5, 5.41) is 10.1. The highest BCUT2D eigenvalue weighted by Gasteiger charge is 2.07. The number of aromatic nitrogens is 2. The number of nitriles is 1. The van der Waals surface area contributed by atoms with Crippen molar-refractivity contribution >= 4 is 42.9 Å². The second-order valence-electron chi connectivity index (χ2n) is 3.20. The minimum absolute atomic E-state index is 0.605. The lowest BCUT2D eigenvalue weighted by atomic mass is 10.2. The molecule has 0 aliphatic carbocycles. The van der Waals surface area contributed by atoms with E-state index in [9.17, 15) is 0 Å². The largest absolute Gasteiger partial charge is 0.248 e. The van der Waals surface area contributed by atoms with Gasteiger partial charge in [0.05, 0.1) is 34.1 Å². The van der Waals surface area contributed by atoms with Gasteiger partial charge in [0.2, 0.25) is 0 Å². The Morgan fingerprint density at radius 1 is 1.06 bits per heavy atom. The summed E-state index contributed by atoms with van der Waals surface area (Å²) in [7, 11) is 0. The van der Waals surface area contributed by atoms with Gasteiger partial charge in [0.25, 0.3) is 0 Å². The fourth-order valence-corrected chi connectivity index (χ4v) is 2.31. The molecule has 0 radical (unpaired) electrons. The van der Waals surface area contributed by atoms with Crippen molar-refractivity contribution < 1.29 is 0 Å². The van der Waals surface area contributed by atoms with Gasteiger partial charge in [-0.05, 0) is 18.2 Å². The predicted molar refractivity (Wildman–Crippen MR) is 69.5 cm³/mol. The molecule has 5 heteroatoms. The number of fused-ring (bicyclic) bond motifs is 1. The standard InChI is InChI=1S/C11H7Br2N3/c12-4-10-11(5-13)16-9-3-7(6-14)1-2-8(9)15-10/h1-3H,4-5H2. The number of alkyl halides is 2. The first kappa shape index (κ1) is 11.5. The minimum Gasteiger partial charge on any atom is -0.248 e. The summed E-state index contributed by atoms with van der Waals surface area (Å²) in [5.74, 6) is 0. The van der Waals surface area contributed by atoms with Crippen LogP contribution in [0.5, 0.6) is 0 Å². The zero-order valence-electron chi connectivity index (χ0n) is 8.24. The van der Waals surface area contributed by atoms with Crippen molar-refractivity contribution in [3.05, 3.63) is 35.2 Å². The molecule has 1 heterocycles. The lowest BCUT2D eigenvalue weighted by Gasteiger charge is -2.05. The summed E-state index contributed by atoms with van der Waals surface area (Å²) in [5.41, 5.74) is 4.01. The summed E-state index contributed by atoms with van der Waals surface area (Å²) < 4.78 is 0. The van der Waals surface area contributed by atoms with Crippen molar-refractivity contribution in [2.24, 2.45) is 0 Å². The van der Waals surface area contributed by atoms with Gasteiger partial charge in [-0.1, -0.05) is 31.9 Å². The molecule has 3 nitrogen and oxygen atoms in total. The van der Waals surface area contributed by atoms with E-state index in [1.54, 1.807) is 12.1 Å². The molecule has 0 saturated heterocycles. The first-order chi connectivity index (χ1) is 7.78. The van der Waals surface area contributed by atoms with E-state index in [0.717, 1.165) is 22.4 Å². The molecular formula is C11H7Br2N3. The van der Waals surface area contributed by atoms with Crippen molar-refractivity contribution in [1.82, 2.24) is 9.97 Å². The molecule has 0 bridgehead atoms. The molecule has 1 aromatic carbocycles. The van der Waals surface area contributed by atoms with Gasteiger partial charge in [-0.15, -0.1) is 0 Å². The van der Waals surface area contributed by atoms with Gasteiger partial charge in [-0.2, -0.15) is 5.26 Å². The van der Waals surface area contributed by atoms with Gasteiger partial charge >= 0.3 is 0 Å². The monoisotopic (exact) mass is 339 g/mol. The number of hydrogen-bond donors (Lipinski definition) is 0. The van der Waals surface area contributed by atoms with E-state index in [4.69, 9.17) is 5.26 Å². The normalized spacial score (nSPS) is 10.3. The number of rotatable bonds is 2. The zero-order chi connectivity index (χ0) is 11.5. The van der Waals surface area contributed by atoms with Crippen molar-refractivity contribution in [2.75, 3.05) is 0 Å². The van der Waals surface area contributed by atoms with Crippen LogP contribution in [-0.2, 0) is 10.7 Å². The van der Waals surface area contributed by atoms with Gasteiger partial charge in [0, 0.05) is 10.7 Å². The van der Waals surface area contributed by atoms with Crippen LogP contribution in [0.1, 0.15) is 17.0 Å². The van der Waals surface area contributed by atoms with Crippen LogP contribution in [0.25, 0.3) is 11.0 Å². The Morgan fingerprint density at radius 3 is 2.25 bits per heavy atom. The van der Waals surface area contributed by atoms with Gasteiger partial charge < -0.3 is 0 Å². The average Bonchev–Trinajstić information content (AvgIpc) is 2.36. The number of halogens is 2. The lowest BCUT2D eigenvalue weighted by Crippen LogP contribution is -1.98. The fourth-order valence-electron chi connectivity index (χ4n) is 1.41. The van der Waals surface area contributed by atoms with Gasteiger partial charge in [-0.25, -0.2) is 9.97 Å². The third-order valence-corrected chi connectivity index (χ3v) is 3.26. The smallest absolute Gasteiger partial charge is 0.0992 e. The summed E-state index contributed by atoms with van der Waals surface area (Å²) in [4.78, 5) is 8.97. The molecule has 0 fully saturated rings. The summed E-state index contributed by atoms with van der Waals surface area (Å²) in [6.07, 6.45) is 0. The maximum atomic E-state index is 8.81. The molecule has 0 aliphatic heterocycles. The summed E-state index contributed by atoms with van der Waals surface area (Å²) >= 11 is 6.77. The highest BCUT2D eigenvalue weighted by atomic mass is 79.9. The number of hydrogen-bond acceptors (Lipinski definition) is 3.